The van der Waals surface area contributed by atoms with E-state index in [0.29, 0.717) is 35.3 Å². The van der Waals surface area contributed by atoms with Gasteiger partial charge in [-0.15, -0.1) is 10.2 Å². The van der Waals surface area contributed by atoms with E-state index in [4.69, 9.17) is 4.74 Å². The van der Waals surface area contributed by atoms with E-state index < -0.39 is 0 Å². The maximum absolute atomic E-state index is 13.1. The monoisotopic (exact) mass is 465 g/mol. The lowest BCUT2D eigenvalue weighted by Crippen LogP contribution is -2.25. The molecule has 33 heavy (non-hydrogen) atoms. The molecule has 0 aliphatic carbocycles. The van der Waals surface area contributed by atoms with Gasteiger partial charge < -0.3 is 10.1 Å². The van der Waals surface area contributed by atoms with Crippen LogP contribution in [0.4, 0.5) is 0 Å². The molecule has 4 rings (SSSR count). The van der Waals surface area contributed by atoms with E-state index in [1.54, 1.807) is 11.7 Å². The van der Waals surface area contributed by atoms with E-state index in [2.05, 4.69) is 29.4 Å². The zero-order valence-corrected chi connectivity index (χ0v) is 19.8. The number of benzene rings is 2. The van der Waals surface area contributed by atoms with E-state index in [9.17, 15) is 9.59 Å². The average Bonchev–Trinajstić information content (AvgIpc) is 3.25. The summed E-state index contributed by atoms with van der Waals surface area (Å²) in [4.78, 5) is 25.6. The SMILES string of the molecule is COc1ccc(CNC(=O)CSc2nnc3n(CCC(C)C)c(=O)c4ccccc4n23)cc1. The zero-order valence-electron chi connectivity index (χ0n) is 18.9. The highest BCUT2D eigenvalue weighted by atomic mass is 32.2. The highest BCUT2D eigenvalue weighted by Gasteiger charge is 2.17. The van der Waals surface area contributed by atoms with E-state index >= 15 is 0 Å². The Morgan fingerprint density at radius 2 is 1.88 bits per heavy atom. The summed E-state index contributed by atoms with van der Waals surface area (Å²) in [6.45, 7) is 5.25. The number of thioether (sulfide) groups is 1. The lowest BCUT2D eigenvalue weighted by Gasteiger charge is -2.12. The zero-order chi connectivity index (χ0) is 23.4. The van der Waals surface area contributed by atoms with Gasteiger partial charge in [-0.1, -0.05) is 49.9 Å². The molecule has 4 aromatic rings. The third kappa shape index (κ3) is 5.03. The van der Waals surface area contributed by atoms with Gasteiger partial charge in [0.15, 0.2) is 5.16 Å². The van der Waals surface area contributed by atoms with Crippen molar-refractivity contribution in [2.24, 2.45) is 5.92 Å². The summed E-state index contributed by atoms with van der Waals surface area (Å²) in [5, 5.41) is 12.7. The summed E-state index contributed by atoms with van der Waals surface area (Å²) in [6, 6.07) is 15.0. The third-order valence-corrected chi connectivity index (χ3v) is 6.32. The number of hydrogen-bond acceptors (Lipinski definition) is 6. The number of nitrogens with one attached hydrogen (secondary N) is 1. The Labute approximate surface area is 196 Å². The molecule has 0 spiro atoms. The summed E-state index contributed by atoms with van der Waals surface area (Å²) < 4.78 is 8.71. The Morgan fingerprint density at radius 1 is 1.12 bits per heavy atom. The normalized spacial score (nSPS) is 11.4. The molecule has 0 unspecified atom stereocenters. The molecule has 172 valence electrons. The fraction of sp³-hybridized carbons (Fsp3) is 0.333. The maximum atomic E-state index is 13.1. The van der Waals surface area contributed by atoms with Crippen LogP contribution in [-0.4, -0.2) is 37.9 Å². The topological polar surface area (TPSA) is 90.5 Å². The van der Waals surface area contributed by atoms with Gasteiger partial charge in [0.25, 0.3) is 5.56 Å². The van der Waals surface area contributed by atoms with Crippen molar-refractivity contribution in [3.05, 3.63) is 64.4 Å². The van der Waals surface area contributed by atoms with Crippen LogP contribution >= 0.6 is 11.8 Å². The van der Waals surface area contributed by atoms with Crippen LogP contribution in [0.1, 0.15) is 25.8 Å². The minimum atomic E-state index is -0.106. The minimum Gasteiger partial charge on any atom is -0.497 e. The maximum Gasteiger partial charge on any atom is 0.262 e. The largest absolute Gasteiger partial charge is 0.497 e. The first-order valence-electron chi connectivity index (χ1n) is 10.9. The second-order valence-corrected chi connectivity index (χ2v) is 9.13. The Balaban J connectivity index is 1.54. The number of carbonyl (C=O) groups is 1. The number of para-hydroxylation sites is 1. The van der Waals surface area contributed by atoms with E-state index in [-0.39, 0.29) is 17.2 Å². The molecule has 9 heteroatoms. The quantitative estimate of drug-likeness (QED) is 0.381. The first-order valence-corrected chi connectivity index (χ1v) is 11.9. The molecule has 0 aliphatic rings. The van der Waals surface area contributed by atoms with Gasteiger partial charge in [0, 0.05) is 13.1 Å². The molecule has 2 heterocycles. The Bertz CT molecular complexity index is 1330. The molecule has 0 atom stereocenters. The van der Waals surface area contributed by atoms with Crippen LogP contribution in [-0.2, 0) is 17.9 Å². The molecule has 2 aromatic heterocycles. The number of rotatable bonds is 9. The molecular weight excluding hydrogens is 438 g/mol. The van der Waals surface area contributed by atoms with Gasteiger partial charge in [-0.3, -0.25) is 18.6 Å². The molecule has 0 radical (unpaired) electrons. The molecule has 0 fully saturated rings. The van der Waals surface area contributed by atoms with E-state index in [1.165, 1.54) is 11.8 Å². The summed E-state index contributed by atoms with van der Waals surface area (Å²) in [5.74, 6) is 1.81. The summed E-state index contributed by atoms with van der Waals surface area (Å²) in [7, 11) is 1.62. The minimum absolute atomic E-state index is 0.0695. The predicted octanol–water partition coefficient (Wildman–Crippen LogP) is 3.51. The molecule has 1 amide bonds. The lowest BCUT2D eigenvalue weighted by molar-refractivity contribution is -0.118. The van der Waals surface area contributed by atoms with Gasteiger partial charge in [0.2, 0.25) is 11.7 Å². The Hall–Kier alpha value is -3.33. The average molecular weight is 466 g/mol. The fourth-order valence-electron chi connectivity index (χ4n) is 3.54. The first-order chi connectivity index (χ1) is 16.0. The molecule has 0 aliphatic heterocycles. The van der Waals surface area contributed by atoms with Gasteiger partial charge >= 0.3 is 0 Å². The second kappa shape index (κ2) is 10.1. The van der Waals surface area contributed by atoms with Gasteiger partial charge in [-0.2, -0.15) is 0 Å². The second-order valence-electron chi connectivity index (χ2n) is 8.19. The standard InChI is InChI=1S/C24H27N5O3S/c1-16(2)12-13-28-22(31)19-6-4-5-7-20(19)29-23(28)26-27-24(29)33-15-21(30)25-14-17-8-10-18(32-3)11-9-17/h4-11,16H,12-15H2,1-3H3,(H,25,30). The third-order valence-electron chi connectivity index (χ3n) is 5.39. The Morgan fingerprint density at radius 3 is 2.61 bits per heavy atom. The van der Waals surface area contributed by atoms with Crippen molar-refractivity contribution in [3.63, 3.8) is 0 Å². The molecular formula is C24H27N5O3S. The highest BCUT2D eigenvalue weighted by Crippen LogP contribution is 2.22. The fourth-order valence-corrected chi connectivity index (χ4v) is 4.31. The van der Waals surface area contributed by atoms with Gasteiger partial charge in [-0.25, -0.2) is 0 Å². The number of aromatic nitrogens is 4. The van der Waals surface area contributed by atoms with E-state index in [0.717, 1.165) is 23.3 Å². The number of hydrogen-bond donors (Lipinski definition) is 1. The number of fused-ring (bicyclic) bond motifs is 3. The van der Waals surface area contributed by atoms with Crippen LogP contribution < -0.4 is 15.6 Å². The number of methoxy groups -OCH3 is 1. The summed E-state index contributed by atoms with van der Waals surface area (Å²) in [6.07, 6.45) is 0.858. The number of carbonyl (C=O) groups excluding carboxylic acids is 1. The molecule has 8 nitrogen and oxygen atoms in total. The molecule has 1 N–H and O–H groups in total. The van der Waals surface area contributed by atoms with Crippen molar-refractivity contribution in [1.29, 1.82) is 0 Å². The van der Waals surface area contributed by atoms with E-state index in [1.807, 2.05) is 52.9 Å². The van der Waals surface area contributed by atoms with Crippen LogP contribution in [0.15, 0.2) is 58.5 Å². The number of ether oxygens (including phenoxy) is 1. The van der Waals surface area contributed by atoms with Crippen LogP contribution in [0.5, 0.6) is 5.75 Å². The van der Waals surface area contributed by atoms with Gasteiger partial charge in [0.1, 0.15) is 5.75 Å². The number of aryl methyl sites for hydroxylation is 1. The van der Waals surface area contributed by atoms with Crippen molar-refractivity contribution in [2.45, 2.75) is 38.5 Å². The van der Waals surface area contributed by atoms with Crippen LogP contribution in [0.2, 0.25) is 0 Å². The predicted molar refractivity (Wildman–Crippen MR) is 130 cm³/mol. The smallest absolute Gasteiger partial charge is 0.262 e. The van der Waals surface area contributed by atoms with Crippen molar-refractivity contribution in [3.8, 4) is 5.75 Å². The number of amides is 1. The molecule has 0 saturated carbocycles. The Kier molecular flexibility index (Phi) is 6.98. The molecule has 2 aromatic carbocycles. The van der Waals surface area contributed by atoms with Crippen LogP contribution in [0.3, 0.4) is 0 Å². The van der Waals surface area contributed by atoms with Gasteiger partial charge in [0.05, 0.1) is 23.8 Å². The number of nitrogens with zero attached hydrogens (tertiary/aromatic N) is 4. The van der Waals surface area contributed by atoms with Crippen molar-refractivity contribution < 1.29 is 9.53 Å². The highest BCUT2D eigenvalue weighted by molar-refractivity contribution is 7.99. The van der Waals surface area contributed by atoms with Crippen LogP contribution in [0.25, 0.3) is 16.7 Å². The van der Waals surface area contributed by atoms with Crippen molar-refractivity contribution >= 4 is 34.3 Å². The summed E-state index contributed by atoms with van der Waals surface area (Å²) >= 11 is 1.30. The lowest BCUT2D eigenvalue weighted by atomic mass is 10.1. The van der Waals surface area contributed by atoms with Crippen molar-refractivity contribution in [2.75, 3.05) is 12.9 Å². The van der Waals surface area contributed by atoms with Crippen LogP contribution in [0, 0.1) is 5.92 Å². The van der Waals surface area contributed by atoms with Gasteiger partial charge in [-0.05, 0) is 42.2 Å². The first kappa shape index (κ1) is 22.8. The molecule has 0 saturated heterocycles. The molecule has 0 bridgehead atoms. The summed E-state index contributed by atoms with van der Waals surface area (Å²) in [5.41, 5.74) is 1.66. The van der Waals surface area contributed by atoms with Crippen molar-refractivity contribution in [1.82, 2.24) is 24.5 Å².